The lowest BCUT2D eigenvalue weighted by atomic mass is 9.87. The monoisotopic (exact) mass is 1050 g/mol. The molecule has 0 spiro atoms. The van der Waals surface area contributed by atoms with Gasteiger partial charge in [-0.15, -0.1) is 0 Å². The van der Waals surface area contributed by atoms with Gasteiger partial charge in [-0.1, -0.05) is 200 Å². The molecule has 0 N–H and O–H groups in total. The molecule has 0 aliphatic rings. The van der Waals surface area contributed by atoms with Crippen molar-refractivity contribution in [1.29, 1.82) is 0 Å². The Balaban J connectivity index is 0.000000454. The van der Waals surface area contributed by atoms with E-state index in [0.717, 1.165) is 24.0 Å². The van der Waals surface area contributed by atoms with Crippen LogP contribution in [0.3, 0.4) is 0 Å². The Morgan fingerprint density at radius 2 is 0.662 bits per heavy atom. The molecular formula is C59H70F12O3. The van der Waals surface area contributed by atoms with Gasteiger partial charge in [-0.3, -0.25) is 0 Å². The molecule has 1 unspecified atom stereocenters. The Morgan fingerprint density at radius 3 is 0.946 bits per heavy atom. The number of alkyl halides is 12. The second-order valence-corrected chi connectivity index (χ2v) is 19.0. The zero-order valence-electron chi connectivity index (χ0n) is 44.0. The molecule has 0 aliphatic heterocycles. The van der Waals surface area contributed by atoms with E-state index >= 15 is 0 Å². The van der Waals surface area contributed by atoms with E-state index in [9.17, 15) is 52.7 Å². The van der Waals surface area contributed by atoms with Gasteiger partial charge >= 0.3 is 37.6 Å². The SMILES string of the molecule is CC(C)(C)c1ccc(OC(F)(F)C(F)F)cc1.CCC(C)c1ccc(OC(F)(F)C(F)F)cc1.CCc1ccc(C)cc1.Cc1ccc(C(C)(C)C)cc1.Cc1ccccc1.FC(F)C(F)(F)Oc1ccccc1. The molecule has 0 bridgehead atoms. The molecule has 0 radical (unpaired) electrons. The fraction of sp³-hybridized carbons (Fsp3) is 0.390. The average molecular weight is 1060 g/mol. The molecule has 3 nitrogen and oxygen atoms in total. The molecular weight excluding hydrogens is 985 g/mol. The predicted molar refractivity (Wildman–Crippen MR) is 273 cm³/mol. The summed E-state index contributed by atoms with van der Waals surface area (Å²) in [5, 5.41) is 0. The minimum atomic E-state index is -4.46. The van der Waals surface area contributed by atoms with Gasteiger partial charge in [0.1, 0.15) is 17.2 Å². The predicted octanol–water partition coefficient (Wildman–Crippen LogP) is 19.4. The van der Waals surface area contributed by atoms with Crippen molar-refractivity contribution in [3.8, 4) is 17.2 Å². The maximum atomic E-state index is 12.6. The molecule has 6 rings (SSSR count). The van der Waals surface area contributed by atoms with Crippen LogP contribution in [0.15, 0.2) is 158 Å². The molecule has 6 aromatic rings. The fourth-order valence-electron chi connectivity index (χ4n) is 5.63. The highest BCUT2D eigenvalue weighted by atomic mass is 19.3. The number of hydrogen-bond donors (Lipinski definition) is 0. The summed E-state index contributed by atoms with van der Waals surface area (Å²) in [5.41, 5.74) is 8.83. The highest BCUT2D eigenvalue weighted by Gasteiger charge is 2.45. The largest absolute Gasteiger partial charge is 0.461 e. The van der Waals surface area contributed by atoms with Gasteiger partial charge in [0.15, 0.2) is 0 Å². The first-order valence-electron chi connectivity index (χ1n) is 23.7. The fourth-order valence-corrected chi connectivity index (χ4v) is 5.63. The number of benzene rings is 6. The molecule has 0 aromatic heterocycles. The van der Waals surface area contributed by atoms with Crippen LogP contribution in [0.1, 0.15) is 114 Å². The molecule has 0 amide bonds. The zero-order chi connectivity index (χ0) is 56.5. The third-order valence-electron chi connectivity index (χ3n) is 10.4. The minimum absolute atomic E-state index is 0.135. The molecule has 0 heterocycles. The van der Waals surface area contributed by atoms with Gasteiger partial charge in [0.2, 0.25) is 0 Å². The first-order valence-corrected chi connectivity index (χ1v) is 23.7. The number of hydrogen-bond acceptors (Lipinski definition) is 3. The molecule has 6 aromatic carbocycles. The van der Waals surface area contributed by atoms with Crippen molar-refractivity contribution in [2.45, 2.75) is 150 Å². The van der Waals surface area contributed by atoms with Gasteiger partial charge in [0.25, 0.3) is 0 Å². The Bertz CT molecular complexity index is 2380. The molecule has 0 saturated heterocycles. The van der Waals surface area contributed by atoms with Crippen molar-refractivity contribution in [3.63, 3.8) is 0 Å². The van der Waals surface area contributed by atoms with Crippen molar-refractivity contribution < 1.29 is 66.9 Å². The lowest BCUT2D eigenvalue weighted by Gasteiger charge is -2.20. The minimum Gasteiger partial charge on any atom is -0.428 e. The van der Waals surface area contributed by atoms with Gasteiger partial charge in [-0.05, 0) is 109 Å². The van der Waals surface area contributed by atoms with Crippen molar-refractivity contribution in [3.05, 3.63) is 197 Å². The number of halogens is 12. The Labute approximate surface area is 429 Å². The number of ether oxygens (including phenoxy) is 3. The summed E-state index contributed by atoms with van der Waals surface area (Å²) in [6, 6.07) is 45.8. The summed E-state index contributed by atoms with van der Waals surface area (Å²) in [7, 11) is 0. The second-order valence-electron chi connectivity index (χ2n) is 19.0. The summed E-state index contributed by atoms with van der Waals surface area (Å²) in [5.74, 6) is -0.530. The van der Waals surface area contributed by atoms with Gasteiger partial charge < -0.3 is 14.2 Å². The van der Waals surface area contributed by atoms with Crippen LogP contribution in [0.25, 0.3) is 0 Å². The van der Waals surface area contributed by atoms with E-state index < -0.39 is 37.6 Å². The average Bonchev–Trinajstić information content (AvgIpc) is 3.32. The summed E-state index contributed by atoms with van der Waals surface area (Å²) < 4.78 is 157. The number of rotatable bonds is 12. The second kappa shape index (κ2) is 30.9. The quantitative estimate of drug-likeness (QED) is 0.114. The third kappa shape index (κ3) is 26.2. The molecule has 0 aliphatic carbocycles. The molecule has 74 heavy (non-hydrogen) atoms. The maximum Gasteiger partial charge on any atom is 0.461 e. The lowest BCUT2D eigenvalue weighted by molar-refractivity contribution is -0.253. The highest BCUT2D eigenvalue weighted by Crippen LogP contribution is 2.32. The maximum absolute atomic E-state index is 12.6. The van der Waals surface area contributed by atoms with Gasteiger partial charge in [-0.25, -0.2) is 0 Å². The van der Waals surface area contributed by atoms with Crippen LogP contribution in [0, 0.1) is 20.8 Å². The van der Waals surface area contributed by atoms with E-state index in [0.29, 0.717) is 5.92 Å². The first kappa shape index (κ1) is 65.9. The topological polar surface area (TPSA) is 27.7 Å². The van der Waals surface area contributed by atoms with E-state index in [1.807, 2.05) is 52.8 Å². The van der Waals surface area contributed by atoms with E-state index in [1.165, 1.54) is 76.3 Å². The normalized spacial score (nSPS) is 11.9. The smallest absolute Gasteiger partial charge is 0.428 e. The van der Waals surface area contributed by atoms with Crippen molar-refractivity contribution in [1.82, 2.24) is 0 Å². The number of para-hydroxylation sites is 1. The van der Waals surface area contributed by atoms with Crippen molar-refractivity contribution >= 4 is 0 Å². The van der Waals surface area contributed by atoms with Crippen molar-refractivity contribution in [2.75, 3.05) is 0 Å². The number of aryl methyl sites for hydroxylation is 4. The van der Waals surface area contributed by atoms with Crippen LogP contribution < -0.4 is 14.2 Å². The van der Waals surface area contributed by atoms with Crippen LogP contribution in [0.2, 0.25) is 0 Å². The highest BCUT2D eigenvalue weighted by molar-refractivity contribution is 5.32. The summed E-state index contributed by atoms with van der Waals surface area (Å²) in [6.45, 7) is 25.0. The van der Waals surface area contributed by atoms with Gasteiger partial charge in [0.05, 0.1) is 0 Å². The third-order valence-corrected chi connectivity index (χ3v) is 10.4. The molecule has 408 valence electrons. The molecule has 0 fully saturated rings. The standard InChI is InChI=1S/2C12H14F4O.C11H16.C9H12.C8H6F4O.C7H8/c1-11(2,3)8-4-6-9(7-5-8)17-12(15,16)10(13)14;1-3-8(2)9-4-6-10(7-5-9)17-12(15,16)11(13)14;1-9-5-7-10(8-6-9)11(2,3)4;1-3-9-6-4-8(2)5-7-9;9-7(10)8(11,12)13-6-4-2-1-3-5-6;1-7-5-3-2-4-6-7/h4-7,10H,1-3H3;4-8,11H,3H2,1-2H3;5-8H,1-4H3;4-7H,3H2,1-2H3;1-5,7H;2-6H,1H3. The van der Waals surface area contributed by atoms with E-state index in [-0.39, 0.29) is 28.1 Å². The molecule has 0 saturated carbocycles. The van der Waals surface area contributed by atoms with Crippen LogP contribution >= 0.6 is 0 Å². The summed E-state index contributed by atoms with van der Waals surface area (Å²) in [4.78, 5) is 0. The van der Waals surface area contributed by atoms with Crippen LogP contribution in [-0.2, 0) is 17.3 Å². The van der Waals surface area contributed by atoms with Crippen LogP contribution in [0.5, 0.6) is 17.2 Å². The lowest BCUT2D eigenvalue weighted by Crippen LogP contribution is -2.33. The Kier molecular flexibility index (Phi) is 27.5. The van der Waals surface area contributed by atoms with Crippen molar-refractivity contribution in [2.24, 2.45) is 0 Å². The summed E-state index contributed by atoms with van der Waals surface area (Å²) >= 11 is 0. The van der Waals surface area contributed by atoms with Crippen LogP contribution in [0.4, 0.5) is 52.7 Å². The van der Waals surface area contributed by atoms with E-state index in [2.05, 4.69) is 123 Å². The first-order chi connectivity index (χ1) is 34.2. The molecule has 1 atom stereocenters. The summed E-state index contributed by atoms with van der Waals surface area (Å²) in [6.07, 6.45) is -22.8. The van der Waals surface area contributed by atoms with Gasteiger partial charge in [0, 0.05) is 0 Å². The zero-order valence-corrected chi connectivity index (χ0v) is 44.0. The van der Waals surface area contributed by atoms with Gasteiger partial charge in [-0.2, -0.15) is 52.7 Å². The van der Waals surface area contributed by atoms with E-state index in [4.69, 9.17) is 0 Å². The van der Waals surface area contributed by atoms with Crippen LogP contribution in [-0.4, -0.2) is 37.6 Å². The Morgan fingerprint density at radius 1 is 0.378 bits per heavy atom. The Hall–Kier alpha value is -6.12. The van der Waals surface area contributed by atoms with E-state index in [1.54, 1.807) is 30.3 Å². The molecule has 15 heteroatoms.